The van der Waals surface area contributed by atoms with Gasteiger partial charge >= 0.3 is 0 Å². The third kappa shape index (κ3) is 3.82. The second-order valence-corrected chi connectivity index (χ2v) is 9.14. The molecule has 1 aliphatic heterocycles. The van der Waals surface area contributed by atoms with E-state index >= 15 is 0 Å². The molecule has 1 fully saturated rings. The average molecular weight is 479 g/mol. The molecule has 7 heteroatoms. The Balaban J connectivity index is 1.32. The van der Waals surface area contributed by atoms with Crippen molar-refractivity contribution < 1.29 is 9.21 Å². The lowest BCUT2D eigenvalue weighted by Gasteiger charge is -2.22. The Morgan fingerprint density at radius 3 is 2.56 bits per heavy atom. The van der Waals surface area contributed by atoms with Crippen LogP contribution in [0.5, 0.6) is 0 Å². The van der Waals surface area contributed by atoms with Gasteiger partial charge in [-0.15, -0.1) is 0 Å². The number of imidazole rings is 1. The first kappa shape index (κ1) is 22.1. The predicted octanol–water partition coefficient (Wildman–Crippen LogP) is 5.00. The number of fused-ring (bicyclic) bond motifs is 2. The van der Waals surface area contributed by atoms with Crippen molar-refractivity contribution in [2.75, 3.05) is 31.1 Å². The Morgan fingerprint density at radius 2 is 1.72 bits per heavy atom. The van der Waals surface area contributed by atoms with Crippen LogP contribution in [0.25, 0.3) is 33.3 Å². The Hall–Kier alpha value is -4.39. The summed E-state index contributed by atoms with van der Waals surface area (Å²) >= 11 is 0. The summed E-state index contributed by atoms with van der Waals surface area (Å²) in [4.78, 5) is 39.1. The van der Waals surface area contributed by atoms with Gasteiger partial charge in [-0.05, 0) is 37.6 Å². The number of anilines is 1. The van der Waals surface area contributed by atoms with E-state index in [1.165, 1.54) is 0 Å². The van der Waals surface area contributed by atoms with Gasteiger partial charge in [0, 0.05) is 37.3 Å². The number of carbonyl (C=O) groups excluding carboxylic acids is 1. The summed E-state index contributed by atoms with van der Waals surface area (Å²) in [5, 5.41) is 0.428. The zero-order chi connectivity index (χ0) is 24.6. The number of nitrogens with one attached hydrogen (secondary N) is 1. The van der Waals surface area contributed by atoms with Gasteiger partial charge in [0.15, 0.2) is 11.0 Å². The monoisotopic (exact) mass is 478 g/mol. The van der Waals surface area contributed by atoms with Crippen molar-refractivity contribution in [1.82, 2.24) is 14.9 Å². The van der Waals surface area contributed by atoms with E-state index in [0.29, 0.717) is 47.5 Å². The van der Waals surface area contributed by atoms with Crippen LogP contribution < -0.4 is 10.3 Å². The molecule has 5 aromatic rings. The van der Waals surface area contributed by atoms with E-state index in [1.807, 2.05) is 59.5 Å². The zero-order valence-electron chi connectivity index (χ0n) is 20.0. The lowest BCUT2D eigenvalue weighted by Crippen LogP contribution is -2.35. The molecule has 0 spiro atoms. The van der Waals surface area contributed by atoms with Crippen LogP contribution in [-0.2, 0) is 0 Å². The number of carbonyl (C=O) groups is 1. The largest absolute Gasteiger partial charge is 0.455 e. The van der Waals surface area contributed by atoms with Crippen molar-refractivity contribution >= 4 is 33.9 Å². The minimum Gasteiger partial charge on any atom is -0.455 e. The highest BCUT2D eigenvalue weighted by Gasteiger charge is 2.25. The first-order valence-electron chi connectivity index (χ1n) is 12.2. The van der Waals surface area contributed by atoms with Crippen LogP contribution in [0.2, 0.25) is 0 Å². The summed E-state index contributed by atoms with van der Waals surface area (Å²) in [5.74, 6) is 1.20. The van der Waals surface area contributed by atoms with E-state index in [9.17, 15) is 9.59 Å². The maximum absolute atomic E-state index is 13.7. The topological polar surface area (TPSA) is 82.4 Å². The third-order valence-electron chi connectivity index (χ3n) is 6.87. The van der Waals surface area contributed by atoms with E-state index in [1.54, 1.807) is 25.1 Å². The molecule has 180 valence electrons. The number of benzene rings is 3. The number of aromatic amines is 1. The predicted molar refractivity (Wildman–Crippen MR) is 141 cm³/mol. The van der Waals surface area contributed by atoms with Crippen LogP contribution in [0.1, 0.15) is 22.3 Å². The van der Waals surface area contributed by atoms with Gasteiger partial charge in [-0.25, -0.2) is 4.98 Å². The van der Waals surface area contributed by atoms with Crippen molar-refractivity contribution in [2.45, 2.75) is 13.3 Å². The van der Waals surface area contributed by atoms with Crippen molar-refractivity contribution in [3.63, 3.8) is 0 Å². The van der Waals surface area contributed by atoms with Gasteiger partial charge in [0.25, 0.3) is 5.91 Å². The Morgan fingerprint density at radius 1 is 0.917 bits per heavy atom. The van der Waals surface area contributed by atoms with Crippen LogP contribution >= 0.6 is 0 Å². The van der Waals surface area contributed by atoms with Gasteiger partial charge in [0.05, 0.1) is 22.0 Å². The molecular weight excluding hydrogens is 452 g/mol. The first-order chi connectivity index (χ1) is 17.6. The molecule has 0 saturated carbocycles. The molecular formula is C29H26N4O3. The molecule has 1 aliphatic rings. The summed E-state index contributed by atoms with van der Waals surface area (Å²) in [6.07, 6.45) is 0.811. The second kappa shape index (κ2) is 9.00. The third-order valence-corrected chi connectivity index (χ3v) is 6.87. The highest BCUT2D eigenvalue weighted by Crippen LogP contribution is 2.28. The zero-order valence-corrected chi connectivity index (χ0v) is 20.0. The number of H-pyrrole nitrogens is 1. The van der Waals surface area contributed by atoms with Crippen LogP contribution in [0, 0.1) is 6.92 Å². The number of amides is 1. The number of hydrogen-bond acceptors (Lipinski definition) is 5. The average Bonchev–Trinajstić information content (AvgIpc) is 3.20. The number of hydrogen-bond donors (Lipinski definition) is 1. The van der Waals surface area contributed by atoms with E-state index < -0.39 is 0 Å². The second-order valence-electron chi connectivity index (χ2n) is 9.14. The molecule has 1 saturated heterocycles. The fourth-order valence-electron chi connectivity index (χ4n) is 4.93. The Bertz CT molecular complexity index is 1600. The molecule has 7 nitrogen and oxygen atoms in total. The standard InChI is InChI=1S/C29H26N4O3/c1-19-25(34)21-11-7-12-22(27(21)36-26(19)20-9-3-2-4-10-20)28(35)32-15-8-16-33(18-17-32)29-30-23-13-5-6-14-24(23)31-29/h2-7,9-14H,8,15-18H2,1H3,(H,30,31). The van der Waals surface area contributed by atoms with Crippen LogP contribution in [0.15, 0.2) is 82.0 Å². The molecule has 0 atom stereocenters. The van der Waals surface area contributed by atoms with Gasteiger partial charge in [0.2, 0.25) is 5.95 Å². The minimum absolute atomic E-state index is 0.114. The summed E-state index contributed by atoms with van der Waals surface area (Å²) in [6, 6.07) is 22.7. The lowest BCUT2D eigenvalue weighted by atomic mass is 10.0. The molecule has 3 aromatic carbocycles. The SMILES string of the molecule is Cc1c(-c2ccccc2)oc2c(C(=O)N3CCCN(c4nc5ccccc5[nH]4)CC3)cccc2c1=O. The summed E-state index contributed by atoms with van der Waals surface area (Å²) in [5.41, 5.74) is 3.92. The fourth-order valence-corrected chi connectivity index (χ4v) is 4.93. The van der Waals surface area contributed by atoms with Gasteiger partial charge < -0.3 is 19.2 Å². The first-order valence-corrected chi connectivity index (χ1v) is 12.2. The quantitative estimate of drug-likeness (QED) is 0.395. The number of para-hydroxylation sites is 3. The highest BCUT2D eigenvalue weighted by atomic mass is 16.3. The van der Waals surface area contributed by atoms with Crippen molar-refractivity contribution in [1.29, 1.82) is 0 Å². The maximum atomic E-state index is 13.7. The number of aromatic nitrogens is 2. The van der Waals surface area contributed by atoms with E-state index in [0.717, 1.165) is 35.5 Å². The minimum atomic E-state index is -0.127. The Labute approximate surface area is 208 Å². The number of rotatable bonds is 3. The van der Waals surface area contributed by atoms with Gasteiger partial charge in [-0.3, -0.25) is 9.59 Å². The van der Waals surface area contributed by atoms with Crippen molar-refractivity contribution in [2.24, 2.45) is 0 Å². The number of nitrogens with zero attached hydrogens (tertiary/aromatic N) is 3. The fraction of sp³-hybridized carbons (Fsp3) is 0.207. The highest BCUT2D eigenvalue weighted by molar-refractivity contribution is 6.05. The molecule has 3 heterocycles. The molecule has 0 aliphatic carbocycles. The Kier molecular flexibility index (Phi) is 5.52. The summed E-state index contributed by atoms with van der Waals surface area (Å²) in [6.45, 7) is 4.39. The molecule has 0 unspecified atom stereocenters. The summed E-state index contributed by atoms with van der Waals surface area (Å²) in [7, 11) is 0. The van der Waals surface area contributed by atoms with Crippen LogP contribution in [0.4, 0.5) is 5.95 Å². The maximum Gasteiger partial charge on any atom is 0.257 e. The van der Waals surface area contributed by atoms with Gasteiger partial charge in [-0.1, -0.05) is 48.5 Å². The normalized spacial score (nSPS) is 14.4. The molecule has 2 aromatic heterocycles. The van der Waals surface area contributed by atoms with Crippen molar-refractivity contribution in [3.8, 4) is 11.3 Å². The molecule has 1 N–H and O–H groups in total. The van der Waals surface area contributed by atoms with E-state index in [2.05, 4.69) is 9.88 Å². The molecule has 0 radical (unpaired) electrons. The molecule has 36 heavy (non-hydrogen) atoms. The van der Waals surface area contributed by atoms with E-state index in [-0.39, 0.29) is 11.3 Å². The van der Waals surface area contributed by atoms with Crippen LogP contribution in [-0.4, -0.2) is 47.0 Å². The summed E-state index contributed by atoms with van der Waals surface area (Å²) < 4.78 is 6.29. The van der Waals surface area contributed by atoms with Gasteiger partial charge in [0.1, 0.15) is 5.76 Å². The molecule has 6 rings (SSSR count). The molecule has 1 amide bonds. The van der Waals surface area contributed by atoms with Gasteiger partial charge in [-0.2, -0.15) is 0 Å². The lowest BCUT2D eigenvalue weighted by molar-refractivity contribution is 0.0768. The van der Waals surface area contributed by atoms with Crippen molar-refractivity contribution in [3.05, 3.63) is 94.1 Å². The molecule has 0 bridgehead atoms. The smallest absolute Gasteiger partial charge is 0.257 e. The van der Waals surface area contributed by atoms with E-state index in [4.69, 9.17) is 9.40 Å². The van der Waals surface area contributed by atoms with Crippen LogP contribution in [0.3, 0.4) is 0 Å².